The summed E-state index contributed by atoms with van der Waals surface area (Å²) in [5, 5.41) is 3.00. The molecule has 1 N–H and O–H groups in total. The number of fused-ring (bicyclic) bond motifs is 1. The van der Waals surface area contributed by atoms with E-state index < -0.39 is 0 Å². The highest BCUT2D eigenvalue weighted by atomic mass is 16.2. The molecule has 0 aliphatic carbocycles. The molecule has 0 bridgehead atoms. The summed E-state index contributed by atoms with van der Waals surface area (Å²) in [4.78, 5) is 14.2. The lowest BCUT2D eigenvalue weighted by atomic mass is 9.95. The van der Waals surface area contributed by atoms with E-state index in [2.05, 4.69) is 35.5 Å². The van der Waals surface area contributed by atoms with Gasteiger partial charge in [-0.15, -0.1) is 0 Å². The van der Waals surface area contributed by atoms with Gasteiger partial charge in [-0.05, 0) is 30.0 Å². The van der Waals surface area contributed by atoms with Crippen LogP contribution in [0.1, 0.15) is 38.3 Å². The third-order valence-corrected chi connectivity index (χ3v) is 3.63. The van der Waals surface area contributed by atoms with E-state index >= 15 is 0 Å². The Hall–Kier alpha value is -1.51. The number of nitrogens with zero attached hydrogens (tertiary/aromatic N) is 1. The average Bonchev–Trinajstić information content (AvgIpc) is 2.35. The van der Waals surface area contributed by atoms with Gasteiger partial charge in [-0.25, -0.2) is 0 Å². The average molecular weight is 260 g/mol. The molecule has 0 unspecified atom stereocenters. The van der Waals surface area contributed by atoms with Crippen molar-refractivity contribution in [2.45, 2.75) is 40.2 Å². The molecule has 3 nitrogen and oxygen atoms in total. The number of hydrogen-bond donors (Lipinski definition) is 1. The maximum absolute atomic E-state index is 11.9. The van der Waals surface area contributed by atoms with Gasteiger partial charge in [0, 0.05) is 31.2 Å². The Balaban J connectivity index is 2.05. The number of rotatable bonds is 2. The number of hydrogen-bond acceptors (Lipinski definition) is 2. The standard InChI is InChI=1S/C16H24N2O/c1-16(2,3)15(19)17-11-12-7-8-14-13(10-12)6-5-9-18(14)4/h7-8,10H,5-6,9,11H2,1-4H3,(H,17,19). The predicted octanol–water partition coefficient (Wildman–Crippen LogP) is 2.73. The van der Waals surface area contributed by atoms with Gasteiger partial charge in [-0.2, -0.15) is 0 Å². The van der Waals surface area contributed by atoms with Gasteiger partial charge in [0.05, 0.1) is 0 Å². The van der Waals surface area contributed by atoms with Crippen LogP contribution < -0.4 is 10.2 Å². The Bertz CT molecular complexity index is 474. The quantitative estimate of drug-likeness (QED) is 0.886. The highest BCUT2D eigenvalue weighted by Crippen LogP contribution is 2.26. The first-order valence-corrected chi connectivity index (χ1v) is 6.99. The smallest absolute Gasteiger partial charge is 0.225 e. The van der Waals surface area contributed by atoms with Crippen molar-refractivity contribution in [3.05, 3.63) is 29.3 Å². The highest BCUT2D eigenvalue weighted by Gasteiger charge is 2.20. The molecule has 0 fully saturated rings. The molecular formula is C16H24N2O. The molecule has 1 aliphatic rings. The largest absolute Gasteiger partial charge is 0.374 e. The van der Waals surface area contributed by atoms with E-state index in [9.17, 15) is 4.79 Å². The van der Waals surface area contributed by atoms with E-state index in [1.54, 1.807) is 0 Å². The van der Waals surface area contributed by atoms with Gasteiger partial charge in [0.2, 0.25) is 5.91 Å². The van der Waals surface area contributed by atoms with Crippen molar-refractivity contribution in [3.8, 4) is 0 Å². The van der Waals surface area contributed by atoms with Gasteiger partial charge in [0.1, 0.15) is 0 Å². The lowest BCUT2D eigenvalue weighted by Crippen LogP contribution is -2.34. The minimum absolute atomic E-state index is 0.0994. The highest BCUT2D eigenvalue weighted by molar-refractivity contribution is 5.81. The molecule has 2 rings (SSSR count). The van der Waals surface area contributed by atoms with Crippen molar-refractivity contribution in [1.29, 1.82) is 0 Å². The monoisotopic (exact) mass is 260 g/mol. The summed E-state index contributed by atoms with van der Waals surface area (Å²) in [6, 6.07) is 6.52. The topological polar surface area (TPSA) is 32.3 Å². The molecule has 0 saturated carbocycles. The van der Waals surface area contributed by atoms with Crippen LogP contribution in [0.25, 0.3) is 0 Å². The van der Waals surface area contributed by atoms with E-state index in [1.807, 2.05) is 20.8 Å². The zero-order valence-corrected chi connectivity index (χ0v) is 12.4. The van der Waals surface area contributed by atoms with Crippen LogP contribution in [-0.4, -0.2) is 19.5 Å². The Morgan fingerprint density at radius 3 is 2.79 bits per heavy atom. The van der Waals surface area contributed by atoms with Crippen LogP contribution in [0, 0.1) is 5.41 Å². The Morgan fingerprint density at radius 1 is 1.37 bits per heavy atom. The van der Waals surface area contributed by atoms with Crippen molar-refractivity contribution in [3.63, 3.8) is 0 Å². The Kier molecular flexibility index (Phi) is 3.83. The number of benzene rings is 1. The zero-order chi connectivity index (χ0) is 14.0. The second kappa shape index (κ2) is 5.24. The summed E-state index contributed by atoms with van der Waals surface area (Å²) in [7, 11) is 2.14. The van der Waals surface area contributed by atoms with Crippen LogP contribution in [0.4, 0.5) is 5.69 Å². The molecule has 0 atom stereocenters. The molecule has 0 radical (unpaired) electrons. The maximum Gasteiger partial charge on any atom is 0.225 e. The molecule has 1 amide bonds. The third kappa shape index (κ3) is 3.28. The molecular weight excluding hydrogens is 236 g/mol. The van der Waals surface area contributed by atoms with Crippen molar-refractivity contribution in [2.75, 3.05) is 18.5 Å². The van der Waals surface area contributed by atoms with Gasteiger partial charge >= 0.3 is 0 Å². The minimum Gasteiger partial charge on any atom is -0.374 e. The van der Waals surface area contributed by atoms with Gasteiger partial charge in [0.25, 0.3) is 0 Å². The summed E-state index contributed by atoms with van der Waals surface area (Å²) in [6.45, 7) is 7.55. The first-order valence-electron chi connectivity index (χ1n) is 6.99. The normalized spacial score (nSPS) is 15.1. The first kappa shape index (κ1) is 13.9. The van der Waals surface area contributed by atoms with Crippen LogP contribution in [0.3, 0.4) is 0 Å². The van der Waals surface area contributed by atoms with Gasteiger partial charge in [0.15, 0.2) is 0 Å². The first-order chi connectivity index (χ1) is 8.88. The Morgan fingerprint density at radius 2 is 2.11 bits per heavy atom. The molecule has 1 aromatic carbocycles. The van der Waals surface area contributed by atoms with Crippen LogP contribution in [0.2, 0.25) is 0 Å². The predicted molar refractivity (Wildman–Crippen MR) is 79.3 cm³/mol. The van der Waals surface area contributed by atoms with Gasteiger partial charge in [-0.3, -0.25) is 4.79 Å². The van der Waals surface area contributed by atoms with Crippen molar-refractivity contribution in [1.82, 2.24) is 5.32 Å². The van der Waals surface area contributed by atoms with E-state index in [-0.39, 0.29) is 11.3 Å². The third-order valence-electron chi connectivity index (χ3n) is 3.63. The summed E-state index contributed by atoms with van der Waals surface area (Å²) in [6.07, 6.45) is 2.35. The van der Waals surface area contributed by atoms with Crippen LogP contribution in [-0.2, 0) is 17.8 Å². The Labute approximate surface area is 116 Å². The van der Waals surface area contributed by atoms with E-state index in [0.717, 1.165) is 13.0 Å². The maximum atomic E-state index is 11.9. The van der Waals surface area contributed by atoms with Gasteiger partial charge < -0.3 is 10.2 Å². The number of carbonyl (C=O) groups is 1. The SMILES string of the molecule is CN1CCCc2cc(CNC(=O)C(C)(C)C)ccc21. The number of carbonyl (C=O) groups excluding carboxylic acids is 1. The zero-order valence-electron chi connectivity index (χ0n) is 12.4. The van der Waals surface area contributed by atoms with E-state index in [0.29, 0.717) is 6.54 Å². The minimum atomic E-state index is -0.325. The fraction of sp³-hybridized carbons (Fsp3) is 0.562. The fourth-order valence-electron chi connectivity index (χ4n) is 2.40. The number of nitrogens with one attached hydrogen (secondary N) is 1. The second-order valence-electron chi connectivity index (χ2n) is 6.42. The summed E-state index contributed by atoms with van der Waals surface area (Å²) in [5.41, 5.74) is 3.59. The second-order valence-corrected chi connectivity index (χ2v) is 6.42. The number of aryl methyl sites for hydroxylation is 1. The molecule has 1 heterocycles. The molecule has 0 saturated heterocycles. The molecule has 0 spiro atoms. The molecule has 104 valence electrons. The number of anilines is 1. The van der Waals surface area contributed by atoms with Crippen LogP contribution >= 0.6 is 0 Å². The molecule has 3 heteroatoms. The van der Waals surface area contributed by atoms with Crippen molar-refractivity contribution < 1.29 is 4.79 Å². The van der Waals surface area contributed by atoms with E-state index in [1.165, 1.54) is 23.2 Å². The molecule has 0 aromatic heterocycles. The van der Waals surface area contributed by atoms with Crippen molar-refractivity contribution in [2.24, 2.45) is 5.41 Å². The molecule has 19 heavy (non-hydrogen) atoms. The lowest BCUT2D eigenvalue weighted by molar-refractivity contribution is -0.128. The lowest BCUT2D eigenvalue weighted by Gasteiger charge is -2.28. The summed E-state index contributed by atoms with van der Waals surface area (Å²) >= 11 is 0. The fourth-order valence-corrected chi connectivity index (χ4v) is 2.40. The molecule has 1 aliphatic heterocycles. The molecule has 1 aromatic rings. The van der Waals surface area contributed by atoms with E-state index in [4.69, 9.17) is 0 Å². The van der Waals surface area contributed by atoms with Crippen molar-refractivity contribution >= 4 is 11.6 Å². The van der Waals surface area contributed by atoms with Gasteiger partial charge in [-0.1, -0.05) is 32.9 Å². The summed E-state index contributed by atoms with van der Waals surface area (Å²) in [5.74, 6) is 0.0994. The number of amides is 1. The van der Waals surface area contributed by atoms with Crippen LogP contribution in [0.5, 0.6) is 0 Å². The van der Waals surface area contributed by atoms with Crippen LogP contribution in [0.15, 0.2) is 18.2 Å². The summed E-state index contributed by atoms with van der Waals surface area (Å²) < 4.78 is 0.